The Hall–Kier alpha value is -1.90. The van der Waals surface area contributed by atoms with Crippen molar-refractivity contribution in [2.45, 2.75) is 17.7 Å². The Balaban J connectivity index is 1.95. The second-order valence-electron chi connectivity index (χ2n) is 5.91. The number of methoxy groups -OCH3 is 1. The van der Waals surface area contributed by atoms with E-state index >= 15 is 0 Å². The quantitative estimate of drug-likeness (QED) is 0.774. The largest absolute Gasteiger partial charge is 0.496 e. The number of anilines is 1. The minimum atomic E-state index is -3.61. The first-order valence-electron chi connectivity index (χ1n) is 8.17. The van der Waals surface area contributed by atoms with Gasteiger partial charge in [0.25, 0.3) is 5.91 Å². The molecule has 1 aliphatic rings. The lowest BCUT2D eigenvalue weighted by molar-refractivity contribution is 0.102. The Labute approximate surface area is 161 Å². The van der Waals surface area contributed by atoms with Crippen LogP contribution in [-0.2, 0) is 10.0 Å². The molecule has 6 nitrogen and oxygen atoms in total. The molecule has 0 atom stereocenters. The second-order valence-corrected chi connectivity index (χ2v) is 8.70. The molecule has 0 spiro atoms. The van der Waals surface area contributed by atoms with Crippen LogP contribution >= 0.6 is 15.9 Å². The van der Waals surface area contributed by atoms with Gasteiger partial charge in [-0.15, -0.1) is 0 Å². The summed E-state index contributed by atoms with van der Waals surface area (Å²) >= 11 is 3.38. The summed E-state index contributed by atoms with van der Waals surface area (Å²) < 4.78 is 33.0. The minimum absolute atomic E-state index is 0.0949. The third-order valence-electron chi connectivity index (χ3n) is 4.24. The van der Waals surface area contributed by atoms with Crippen molar-refractivity contribution >= 4 is 37.5 Å². The van der Waals surface area contributed by atoms with E-state index in [4.69, 9.17) is 4.74 Å². The summed E-state index contributed by atoms with van der Waals surface area (Å²) in [5, 5.41) is 2.78. The topological polar surface area (TPSA) is 75.7 Å². The van der Waals surface area contributed by atoms with Crippen LogP contribution in [0.3, 0.4) is 0 Å². The van der Waals surface area contributed by atoms with Gasteiger partial charge in [0.2, 0.25) is 10.0 Å². The van der Waals surface area contributed by atoms with E-state index in [1.54, 1.807) is 18.2 Å². The van der Waals surface area contributed by atoms with Gasteiger partial charge >= 0.3 is 0 Å². The number of ether oxygens (including phenoxy) is 1. The van der Waals surface area contributed by atoms with Crippen molar-refractivity contribution < 1.29 is 17.9 Å². The average molecular weight is 439 g/mol. The summed E-state index contributed by atoms with van der Waals surface area (Å²) in [6.45, 7) is 1.01. The van der Waals surface area contributed by atoms with Crippen molar-refractivity contribution in [1.29, 1.82) is 0 Å². The molecule has 0 saturated carbocycles. The van der Waals surface area contributed by atoms with Crippen LogP contribution in [0.5, 0.6) is 5.75 Å². The highest BCUT2D eigenvalue weighted by molar-refractivity contribution is 9.10. The van der Waals surface area contributed by atoms with Gasteiger partial charge in [-0.3, -0.25) is 4.79 Å². The number of amides is 1. The zero-order valence-electron chi connectivity index (χ0n) is 14.2. The van der Waals surface area contributed by atoms with E-state index < -0.39 is 15.9 Å². The van der Waals surface area contributed by atoms with Crippen molar-refractivity contribution in [3.05, 3.63) is 52.5 Å². The van der Waals surface area contributed by atoms with Crippen molar-refractivity contribution in [3.63, 3.8) is 0 Å². The molecule has 3 rings (SSSR count). The number of benzene rings is 2. The van der Waals surface area contributed by atoms with Crippen LogP contribution in [0.25, 0.3) is 0 Å². The minimum Gasteiger partial charge on any atom is -0.496 e. The molecule has 1 heterocycles. The molecule has 2 aromatic carbocycles. The van der Waals surface area contributed by atoms with Crippen molar-refractivity contribution in [3.8, 4) is 5.75 Å². The van der Waals surface area contributed by atoms with Crippen LogP contribution in [-0.4, -0.2) is 38.8 Å². The monoisotopic (exact) mass is 438 g/mol. The summed E-state index contributed by atoms with van der Waals surface area (Å²) in [5.41, 5.74) is 0.760. The third kappa shape index (κ3) is 3.77. The molecule has 0 bridgehead atoms. The number of rotatable bonds is 5. The molecule has 0 aromatic heterocycles. The molecule has 26 heavy (non-hydrogen) atoms. The van der Waals surface area contributed by atoms with Crippen LogP contribution in [0, 0.1) is 0 Å². The Bertz CT molecular complexity index is 925. The molecule has 1 fully saturated rings. The first-order chi connectivity index (χ1) is 12.4. The van der Waals surface area contributed by atoms with E-state index in [-0.39, 0.29) is 10.5 Å². The molecule has 1 saturated heterocycles. The van der Waals surface area contributed by atoms with Crippen molar-refractivity contribution in [2.24, 2.45) is 0 Å². The van der Waals surface area contributed by atoms with Gasteiger partial charge in [0.15, 0.2) is 0 Å². The van der Waals surface area contributed by atoms with E-state index in [2.05, 4.69) is 21.2 Å². The van der Waals surface area contributed by atoms with Gasteiger partial charge in [-0.05, 0) is 59.1 Å². The summed E-state index contributed by atoms with van der Waals surface area (Å²) in [5.74, 6) is -0.123. The molecule has 8 heteroatoms. The van der Waals surface area contributed by atoms with E-state index in [9.17, 15) is 13.2 Å². The molecular weight excluding hydrogens is 420 g/mol. The number of sulfonamides is 1. The van der Waals surface area contributed by atoms with E-state index in [1.165, 1.54) is 29.6 Å². The molecule has 1 N–H and O–H groups in total. The van der Waals surface area contributed by atoms with Crippen LogP contribution in [0.4, 0.5) is 5.69 Å². The van der Waals surface area contributed by atoms with Crippen LogP contribution in [0.15, 0.2) is 51.8 Å². The molecule has 1 amide bonds. The molecule has 1 aliphatic heterocycles. The van der Waals surface area contributed by atoms with Gasteiger partial charge < -0.3 is 10.1 Å². The lowest BCUT2D eigenvalue weighted by atomic mass is 10.2. The number of halogens is 1. The number of carbonyl (C=O) groups excluding carboxylic acids is 1. The first-order valence-corrected chi connectivity index (χ1v) is 10.4. The number of carbonyl (C=O) groups is 1. The van der Waals surface area contributed by atoms with Gasteiger partial charge in [0, 0.05) is 17.6 Å². The van der Waals surface area contributed by atoms with Crippen LogP contribution in [0.2, 0.25) is 0 Å². The third-order valence-corrected chi connectivity index (χ3v) is 6.83. The zero-order valence-corrected chi connectivity index (χ0v) is 16.6. The first kappa shape index (κ1) is 18.9. The lowest BCUT2D eigenvalue weighted by Gasteiger charge is -2.17. The maximum atomic E-state index is 12.8. The highest BCUT2D eigenvalue weighted by Gasteiger charge is 2.28. The Morgan fingerprint density at radius 1 is 1.15 bits per heavy atom. The van der Waals surface area contributed by atoms with Gasteiger partial charge in [-0.1, -0.05) is 12.1 Å². The number of hydrogen-bond donors (Lipinski definition) is 1. The predicted molar refractivity (Wildman–Crippen MR) is 103 cm³/mol. The Kier molecular flexibility index (Phi) is 5.64. The van der Waals surface area contributed by atoms with Crippen molar-refractivity contribution in [2.75, 3.05) is 25.5 Å². The van der Waals surface area contributed by atoms with Crippen molar-refractivity contribution in [1.82, 2.24) is 4.31 Å². The number of para-hydroxylation sites is 1. The molecule has 138 valence electrons. The number of nitrogens with zero attached hydrogens (tertiary/aromatic N) is 1. The SMILES string of the molecule is COc1ccc(S(=O)(=O)N2CCCC2)cc1C(=O)Nc1ccccc1Br. The number of hydrogen-bond acceptors (Lipinski definition) is 4. The highest BCUT2D eigenvalue weighted by atomic mass is 79.9. The summed E-state index contributed by atoms with van der Waals surface area (Å²) in [4.78, 5) is 12.8. The highest BCUT2D eigenvalue weighted by Crippen LogP contribution is 2.28. The van der Waals surface area contributed by atoms with E-state index in [0.717, 1.165) is 17.3 Å². The molecule has 0 unspecified atom stereocenters. The van der Waals surface area contributed by atoms with Gasteiger partial charge in [-0.25, -0.2) is 8.42 Å². The fourth-order valence-corrected chi connectivity index (χ4v) is 4.78. The van der Waals surface area contributed by atoms with Gasteiger partial charge in [0.05, 0.1) is 23.3 Å². The van der Waals surface area contributed by atoms with E-state index in [0.29, 0.717) is 24.5 Å². The molecular formula is C18H19BrN2O4S. The maximum Gasteiger partial charge on any atom is 0.259 e. The fraction of sp³-hybridized carbons (Fsp3) is 0.278. The molecule has 0 aliphatic carbocycles. The smallest absolute Gasteiger partial charge is 0.259 e. The summed E-state index contributed by atoms with van der Waals surface area (Å²) in [6.07, 6.45) is 1.70. The second kappa shape index (κ2) is 7.77. The fourth-order valence-electron chi connectivity index (χ4n) is 2.85. The molecule has 2 aromatic rings. The summed E-state index contributed by atoms with van der Waals surface area (Å²) in [7, 11) is -2.17. The lowest BCUT2D eigenvalue weighted by Crippen LogP contribution is -2.28. The van der Waals surface area contributed by atoms with Crippen LogP contribution in [0.1, 0.15) is 23.2 Å². The average Bonchev–Trinajstić information content (AvgIpc) is 3.18. The molecule has 0 radical (unpaired) electrons. The Morgan fingerprint density at radius 2 is 1.85 bits per heavy atom. The normalized spacial score (nSPS) is 15.0. The van der Waals surface area contributed by atoms with Crippen LogP contribution < -0.4 is 10.1 Å². The van der Waals surface area contributed by atoms with E-state index in [1.807, 2.05) is 6.07 Å². The standard InChI is InChI=1S/C18H19BrN2O4S/c1-25-17-9-8-13(26(23,24)21-10-4-5-11-21)12-14(17)18(22)20-16-7-3-2-6-15(16)19/h2-3,6-9,12H,4-5,10-11H2,1H3,(H,20,22). The Morgan fingerprint density at radius 3 is 2.50 bits per heavy atom. The maximum absolute atomic E-state index is 12.8. The predicted octanol–water partition coefficient (Wildman–Crippen LogP) is 3.49. The van der Waals surface area contributed by atoms with Gasteiger partial charge in [0.1, 0.15) is 5.75 Å². The number of nitrogens with one attached hydrogen (secondary N) is 1. The zero-order chi connectivity index (χ0) is 18.7. The summed E-state index contributed by atoms with van der Waals surface area (Å²) in [6, 6.07) is 11.5. The van der Waals surface area contributed by atoms with Gasteiger partial charge in [-0.2, -0.15) is 4.31 Å².